The van der Waals surface area contributed by atoms with E-state index in [2.05, 4.69) is 0 Å². The van der Waals surface area contributed by atoms with E-state index in [1.807, 2.05) is 0 Å². The van der Waals surface area contributed by atoms with Gasteiger partial charge in [-0.05, 0) is 18.2 Å². The van der Waals surface area contributed by atoms with Crippen LogP contribution in [-0.2, 0) is 9.59 Å². The zero-order valence-corrected chi connectivity index (χ0v) is 10.8. The predicted octanol–water partition coefficient (Wildman–Crippen LogP) is 0.998. The van der Waals surface area contributed by atoms with Crippen molar-refractivity contribution in [2.24, 2.45) is 5.73 Å². The standard InChI is InChI=1S/C12H14ClN3O2/c1-15-9-3-2-8(13)6-10(9)16(12(18)7-14)5-4-11(15)17/h2-3,6H,4-5,7,14H2,1H3. The highest BCUT2D eigenvalue weighted by Crippen LogP contribution is 2.34. The highest BCUT2D eigenvalue weighted by Gasteiger charge is 2.26. The minimum absolute atomic E-state index is 0.0362. The zero-order valence-electron chi connectivity index (χ0n) is 10.0. The summed E-state index contributed by atoms with van der Waals surface area (Å²) in [5.74, 6) is -0.257. The van der Waals surface area contributed by atoms with Crippen molar-refractivity contribution < 1.29 is 9.59 Å². The lowest BCUT2D eigenvalue weighted by atomic mass is 10.2. The van der Waals surface area contributed by atoms with Crippen LogP contribution in [0.2, 0.25) is 5.02 Å². The molecular weight excluding hydrogens is 254 g/mol. The van der Waals surface area contributed by atoms with Crippen molar-refractivity contribution >= 4 is 34.8 Å². The molecule has 0 spiro atoms. The van der Waals surface area contributed by atoms with E-state index in [9.17, 15) is 9.59 Å². The van der Waals surface area contributed by atoms with Crippen LogP contribution < -0.4 is 15.5 Å². The van der Waals surface area contributed by atoms with Crippen LogP contribution in [0.1, 0.15) is 6.42 Å². The molecule has 2 rings (SSSR count). The molecule has 0 saturated carbocycles. The second-order valence-corrected chi connectivity index (χ2v) is 4.52. The second kappa shape index (κ2) is 4.96. The molecule has 0 bridgehead atoms. The molecule has 6 heteroatoms. The van der Waals surface area contributed by atoms with Crippen molar-refractivity contribution in [2.45, 2.75) is 6.42 Å². The smallest absolute Gasteiger partial charge is 0.240 e. The van der Waals surface area contributed by atoms with Crippen LogP contribution in [0.4, 0.5) is 11.4 Å². The number of carbonyl (C=O) groups excluding carboxylic acids is 2. The third-order valence-electron chi connectivity index (χ3n) is 2.99. The normalized spacial score (nSPS) is 15.4. The Labute approximate surface area is 110 Å². The molecule has 2 amide bonds. The third kappa shape index (κ3) is 2.19. The number of nitrogens with zero attached hydrogens (tertiary/aromatic N) is 2. The van der Waals surface area contributed by atoms with Crippen molar-refractivity contribution in [3.8, 4) is 0 Å². The van der Waals surface area contributed by atoms with Gasteiger partial charge in [0.15, 0.2) is 0 Å². The van der Waals surface area contributed by atoms with Gasteiger partial charge in [-0.25, -0.2) is 0 Å². The average Bonchev–Trinajstić information content (AvgIpc) is 2.48. The van der Waals surface area contributed by atoms with Crippen molar-refractivity contribution in [3.63, 3.8) is 0 Å². The van der Waals surface area contributed by atoms with Gasteiger partial charge in [0.2, 0.25) is 11.8 Å². The number of benzene rings is 1. The van der Waals surface area contributed by atoms with Crippen molar-refractivity contribution in [3.05, 3.63) is 23.2 Å². The number of amides is 2. The molecule has 0 radical (unpaired) electrons. The molecule has 1 heterocycles. The van der Waals surface area contributed by atoms with Crippen molar-refractivity contribution in [2.75, 3.05) is 29.9 Å². The first-order valence-corrected chi connectivity index (χ1v) is 5.99. The van der Waals surface area contributed by atoms with E-state index in [-0.39, 0.29) is 24.8 Å². The van der Waals surface area contributed by atoms with Crippen LogP contribution in [0, 0.1) is 0 Å². The van der Waals surface area contributed by atoms with Crippen LogP contribution in [-0.4, -0.2) is 32.0 Å². The van der Waals surface area contributed by atoms with Gasteiger partial charge in [0.1, 0.15) is 0 Å². The Morgan fingerprint density at radius 1 is 1.44 bits per heavy atom. The molecule has 0 unspecified atom stereocenters. The number of nitrogens with two attached hydrogens (primary N) is 1. The average molecular weight is 268 g/mol. The van der Waals surface area contributed by atoms with E-state index in [1.54, 1.807) is 25.2 Å². The Hall–Kier alpha value is -1.59. The van der Waals surface area contributed by atoms with Crippen LogP contribution in [0.3, 0.4) is 0 Å². The maximum atomic E-state index is 11.8. The van der Waals surface area contributed by atoms with Crippen LogP contribution in [0.15, 0.2) is 18.2 Å². The quantitative estimate of drug-likeness (QED) is 0.825. The van der Waals surface area contributed by atoms with Gasteiger partial charge < -0.3 is 15.5 Å². The molecule has 0 aromatic heterocycles. The fraction of sp³-hybridized carbons (Fsp3) is 0.333. The molecule has 18 heavy (non-hydrogen) atoms. The molecule has 0 atom stereocenters. The summed E-state index contributed by atoms with van der Waals surface area (Å²) >= 11 is 5.95. The Morgan fingerprint density at radius 3 is 2.83 bits per heavy atom. The summed E-state index contributed by atoms with van der Waals surface area (Å²) in [5.41, 5.74) is 6.70. The highest BCUT2D eigenvalue weighted by atomic mass is 35.5. The van der Waals surface area contributed by atoms with Gasteiger partial charge in [-0.1, -0.05) is 11.6 Å². The maximum Gasteiger partial charge on any atom is 0.240 e. The van der Waals surface area contributed by atoms with E-state index in [4.69, 9.17) is 17.3 Å². The predicted molar refractivity (Wildman–Crippen MR) is 70.9 cm³/mol. The molecule has 2 N–H and O–H groups in total. The molecule has 0 fully saturated rings. The number of fused-ring (bicyclic) bond motifs is 1. The molecule has 1 aromatic carbocycles. The Kier molecular flexibility index (Phi) is 3.54. The summed E-state index contributed by atoms with van der Waals surface area (Å²) in [7, 11) is 1.69. The number of halogens is 1. The monoisotopic (exact) mass is 267 g/mol. The van der Waals surface area contributed by atoms with Gasteiger partial charge >= 0.3 is 0 Å². The van der Waals surface area contributed by atoms with Gasteiger partial charge in [-0.3, -0.25) is 9.59 Å². The van der Waals surface area contributed by atoms with Crippen LogP contribution in [0.25, 0.3) is 0 Å². The molecule has 96 valence electrons. The van der Waals surface area contributed by atoms with Gasteiger partial charge in [-0.2, -0.15) is 0 Å². The van der Waals surface area contributed by atoms with Gasteiger partial charge in [0.05, 0.1) is 17.9 Å². The Bertz CT molecular complexity index is 504. The fourth-order valence-corrected chi connectivity index (χ4v) is 2.16. The number of carbonyl (C=O) groups is 2. The van der Waals surface area contributed by atoms with E-state index in [0.717, 1.165) is 0 Å². The van der Waals surface area contributed by atoms with E-state index in [0.29, 0.717) is 22.9 Å². The third-order valence-corrected chi connectivity index (χ3v) is 3.22. The van der Waals surface area contributed by atoms with E-state index < -0.39 is 0 Å². The fourth-order valence-electron chi connectivity index (χ4n) is 2.00. The highest BCUT2D eigenvalue weighted by molar-refractivity contribution is 6.31. The summed E-state index contributed by atoms with van der Waals surface area (Å²) in [4.78, 5) is 26.7. The first-order valence-electron chi connectivity index (χ1n) is 5.61. The van der Waals surface area contributed by atoms with Crippen LogP contribution in [0.5, 0.6) is 0 Å². The van der Waals surface area contributed by atoms with Gasteiger partial charge in [0.25, 0.3) is 0 Å². The SMILES string of the molecule is CN1C(=O)CCN(C(=O)CN)c2cc(Cl)ccc21. The summed E-state index contributed by atoms with van der Waals surface area (Å²) in [5, 5.41) is 0.520. The lowest BCUT2D eigenvalue weighted by molar-refractivity contribution is -0.118. The molecule has 1 aliphatic rings. The minimum atomic E-state index is -0.221. The van der Waals surface area contributed by atoms with Crippen molar-refractivity contribution in [1.29, 1.82) is 0 Å². The van der Waals surface area contributed by atoms with Crippen LogP contribution >= 0.6 is 11.6 Å². The summed E-state index contributed by atoms with van der Waals surface area (Å²) < 4.78 is 0. The number of hydrogen-bond acceptors (Lipinski definition) is 3. The molecule has 1 aromatic rings. The zero-order chi connectivity index (χ0) is 13.3. The number of rotatable bonds is 1. The summed E-state index contributed by atoms with van der Waals surface area (Å²) in [6.45, 7) is 0.233. The molecule has 1 aliphatic heterocycles. The van der Waals surface area contributed by atoms with Gasteiger partial charge in [0, 0.05) is 25.0 Å². The summed E-state index contributed by atoms with van der Waals surface area (Å²) in [6.07, 6.45) is 0.272. The molecule has 0 saturated heterocycles. The summed E-state index contributed by atoms with van der Waals surface area (Å²) in [6, 6.07) is 5.11. The van der Waals surface area contributed by atoms with Crippen molar-refractivity contribution in [1.82, 2.24) is 0 Å². The van der Waals surface area contributed by atoms with E-state index in [1.165, 1.54) is 9.80 Å². The molecular formula is C12H14ClN3O2. The second-order valence-electron chi connectivity index (χ2n) is 4.09. The topological polar surface area (TPSA) is 66.6 Å². The molecule has 0 aliphatic carbocycles. The largest absolute Gasteiger partial charge is 0.322 e. The number of hydrogen-bond donors (Lipinski definition) is 1. The lowest BCUT2D eigenvalue weighted by Gasteiger charge is -2.23. The first kappa shape index (κ1) is 12.9. The van der Waals surface area contributed by atoms with Gasteiger partial charge in [-0.15, -0.1) is 0 Å². The Morgan fingerprint density at radius 2 is 2.17 bits per heavy atom. The lowest BCUT2D eigenvalue weighted by Crippen LogP contribution is -2.36. The first-order chi connectivity index (χ1) is 8.54. The maximum absolute atomic E-state index is 11.8. The van der Waals surface area contributed by atoms with E-state index >= 15 is 0 Å². The minimum Gasteiger partial charge on any atom is -0.322 e. The molecule has 5 nitrogen and oxygen atoms in total. The number of anilines is 2. The Balaban J connectivity index is 2.55.